The van der Waals surface area contributed by atoms with E-state index >= 15 is 0 Å². The van der Waals surface area contributed by atoms with E-state index in [9.17, 15) is 19.5 Å². The summed E-state index contributed by atoms with van der Waals surface area (Å²) in [6, 6.07) is 3.14. The number of ether oxygens (including phenoxy) is 1. The third-order valence-corrected chi connectivity index (χ3v) is 4.81. The Morgan fingerprint density at radius 3 is 2.76 bits per heavy atom. The number of imidazole rings is 1. The predicted octanol–water partition coefficient (Wildman–Crippen LogP) is 0.0607. The number of methoxy groups -OCH3 is 1. The molecule has 2 N–H and O–H groups in total. The first-order valence-electron chi connectivity index (χ1n) is 8.23. The van der Waals surface area contributed by atoms with Crippen LogP contribution in [0.3, 0.4) is 0 Å². The van der Waals surface area contributed by atoms with Crippen LogP contribution in [0.4, 0.5) is 0 Å². The summed E-state index contributed by atoms with van der Waals surface area (Å²) in [5, 5.41) is 13.7. The van der Waals surface area contributed by atoms with E-state index in [1.165, 1.54) is 42.9 Å². The number of phenolic OH excluding ortho intramolecular Hbond substituents is 1. The number of phenols is 1. The smallest absolute Gasteiger partial charge is 0.332 e. The molecule has 0 spiro atoms. The quantitative estimate of drug-likeness (QED) is 0.405. The largest absolute Gasteiger partial charge is 0.503 e. The van der Waals surface area contributed by atoms with E-state index in [0.717, 1.165) is 4.57 Å². The normalized spacial score (nSPS) is 11.3. The molecular formula is C17H17BrN6O5. The number of amides is 1. The van der Waals surface area contributed by atoms with Gasteiger partial charge in [0.1, 0.15) is 6.54 Å². The van der Waals surface area contributed by atoms with Crippen LogP contribution in [-0.2, 0) is 25.4 Å². The highest BCUT2D eigenvalue weighted by atomic mass is 79.9. The van der Waals surface area contributed by atoms with E-state index < -0.39 is 17.2 Å². The third kappa shape index (κ3) is 3.78. The molecule has 152 valence electrons. The zero-order valence-corrected chi connectivity index (χ0v) is 17.3. The third-order valence-electron chi connectivity index (χ3n) is 4.20. The van der Waals surface area contributed by atoms with Crippen molar-refractivity contribution >= 4 is 39.2 Å². The van der Waals surface area contributed by atoms with Gasteiger partial charge in [0, 0.05) is 14.1 Å². The van der Waals surface area contributed by atoms with E-state index in [0.29, 0.717) is 10.0 Å². The first kappa shape index (κ1) is 20.3. The first-order chi connectivity index (χ1) is 13.7. The molecule has 1 aromatic carbocycles. The molecule has 0 bridgehead atoms. The van der Waals surface area contributed by atoms with Crippen LogP contribution in [0.5, 0.6) is 11.5 Å². The van der Waals surface area contributed by atoms with Crippen molar-refractivity contribution in [1.29, 1.82) is 0 Å². The average Bonchev–Trinajstić information content (AvgIpc) is 3.10. The maximum absolute atomic E-state index is 12.4. The van der Waals surface area contributed by atoms with Crippen LogP contribution in [0.15, 0.2) is 37.6 Å². The lowest BCUT2D eigenvalue weighted by Gasteiger charge is -2.07. The molecule has 29 heavy (non-hydrogen) atoms. The molecule has 11 nitrogen and oxygen atoms in total. The molecule has 1 amide bonds. The molecule has 0 radical (unpaired) electrons. The molecule has 0 fully saturated rings. The fraction of sp³-hybridized carbons (Fsp3) is 0.235. The minimum Gasteiger partial charge on any atom is -0.503 e. The molecule has 0 saturated heterocycles. The number of aromatic nitrogens is 4. The number of nitrogens with zero attached hydrogens (tertiary/aromatic N) is 5. The average molecular weight is 465 g/mol. The van der Waals surface area contributed by atoms with E-state index in [2.05, 4.69) is 31.4 Å². The van der Waals surface area contributed by atoms with E-state index in [1.54, 1.807) is 12.1 Å². The summed E-state index contributed by atoms with van der Waals surface area (Å²) in [6.07, 6.45) is 2.69. The minimum absolute atomic E-state index is 0.0448. The predicted molar refractivity (Wildman–Crippen MR) is 108 cm³/mol. The molecule has 0 atom stereocenters. The standard InChI is InChI=1S/C17H17BrN6O5/c1-22-15-13(16(27)23(2)17(22)28)24(8-19-15)7-12(25)21-20-6-9-4-10(18)14(26)11(5-9)29-3/h4-6,8,26H,7H2,1-3H3,(H,21,25). The maximum Gasteiger partial charge on any atom is 0.332 e. The van der Waals surface area contributed by atoms with E-state index in [4.69, 9.17) is 4.74 Å². The van der Waals surface area contributed by atoms with Crippen LogP contribution >= 0.6 is 15.9 Å². The van der Waals surface area contributed by atoms with Gasteiger partial charge in [-0.3, -0.25) is 18.7 Å². The van der Waals surface area contributed by atoms with Crippen molar-refractivity contribution in [3.05, 3.63) is 49.3 Å². The van der Waals surface area contributed by atoms with Crippen molar-refractivity contribution in [1.82, 2.24) is 24.1 Å². The second kappa shape index (κ2) is 7.91. The number of halogens is 1. The molecule has 2 aromatic heterocycles. The highest BCUT2D eigenvalue weighted by Gasteiger charge is 2.15. The van der Waals surface area contributed by atoms with Gasteiger partial charge < -0.3 is 14.4 Å². The molecule has 2 heterocycles. The number of hydrogen-bond donors (Lipinski definition) is 2. The number of aryl methyl sites for hydroxylation is 1. The summed E-state index contributed by atoms with van der Waals surface area (Å²) < 4.78 is 9.00. The lowest BCUT2D eigenvalue weighted by atomic mass is 10.2. The number of benzene rings is 1. The highest BCUT2D eigenvalue weighted by molar-refractivity contribution is 9.10. The number of carbonyl (C=O) groups excluding carboxylic acids is 1. The van der Waals surface area contributed by atoms with Crippen molar-refractivity contribution in [2.45, 2.75) is 6.54 Å². The van der Waals surface area contributed by atoms with Crippen LogP contribution in [0.1, 0.15) is 5.56 Å². The number of nitrogens with one attached hydrogen (secondary N) is 1. The second-order valence-electron chi connectivity index (χ2n) is 6.10. The Morgan fingerprint density at radius 1 is 1.34 bits per heavy atom. The highest BCUT2D eigenvalue weighted by Crippen LogP contribution is 2.34. The molecule has 12 heteroatoms. The summed E-state index contributed by atoms with van der Waals surface area (Å²) in [5.41, 5.74) is 2.21. The molecule has 3 aromatic rings. The minimum atomic E-state index is -0.544. The van der Waals surface area contributed by atoms with Gasteiger partial charge in [-0.15, -0.1) is 0 Å². The number of hydrogen-bond acceptors (Lipinski definition) is 7. The Bertz CT molecular complexity index is 1260. The fourth-order valence-electron chi connectivity index (χ4n) is 2.71. The van der Waals surface area contributed by atoms with Crippen LogP contribution in [0, 0.1) is 0 Å². The zero-order valence-electron chi connectivity index (χ0n) is 15.7. The summed E-state index contributed by atoms with van der Waals surface area (Å²) >= 11 is 3.20. The van der Waals surface area contributed by atoms with Crippen LogP contribution in [0.25, 0.3) is 11.2 Å². The SMILES string of the molecule is COc1cc(C=NNC(=O)Cn2cnc3c2c(=O)n(C)c(=O)n3C)cc(Br)c1O. The molecular weight excluding hydrogens is 448 g/mol. The zero-order chi connectivity index (χ0) is 21.3. The molecule has 0 saturated carbocycles. The summed E-state index contributed by atoms with van der Waals surface area (Å²) in [7, 11) is 4.27. The van der Waals surface area contributed by atoms with Crippen LogP contribution in [0.2, 0.25) is 0 Å². The van der Waals surface area contributed by atoms with Crippen molar-refractivity contribution < 1.29 is 14.6 Å². The summed E-state index contributed by atoms with van der Waals surface area (Å²) in [5.74, 6) is -0.295. The molecule has 0 aliphatic rings. The second-order valence-corrected chi connectivity index (χ2v) is 6.95. The van der Waals surface area contributed by atoms with Crippen molar-refractivity contribution in [3.8, 4) is 11.5 Å². The number of rotatable bonds is 5. The monoisotopic (exact) mass is 464 g/mol. The van der Waals surface area contributed by atoms with Gasteiger partial charge in [0.05, 0.1) is 24.1 Å². The van der Waals surface area contributed by atoms with Gasteiger partial charge in [-0.2, -0.15) is 5.10 Å². The van der Waals surface area contributed by atoms with Gasteiger partial charge in [-0.25, -0.2) is 15.2 Å². The summed E-state index contributed by atoms with van der Waals surface area (Å²) in [4.78, 5) is 40.6. The Morgan fingerprint density at radius 2 is 2.07 bits per heavy atom. The Balaban J connectivity index is 1.79. The van der Waals surface area contributed by atoms with Crippen molar-refractivity contribution in [2.75, 3.05) is 7.11 Å². The van der Waals surface area contributed by atoms with Gasteiger partial charge in [0.25, 0.3) is 11.5 Å². The van der Waals surface area contributed by atoms with Gasteiger partial charge in [0.2, 0.25) is 0 Å². The lowest BCUT2D eigenvalue weighted by molar-refractivity contribution is -0.121. The van der Waals surface area contributed by atoms with Crippen LogP contribution in [-0.4, -0.2) is 43.0 Å². The number of carbonyl (C=O) groups is 1. The number of fused-ring (bicyclic) bond motifs is 1. The van der Waals surface area contributed by atoms with Gasteiger partial charge in [-0.05, 0) is 33.6 Å². The molecule has 0 aliphatic heterocycles. The van der Waals surface area contributed by atoms with Gasteiger partial charge >= 0.3 is 5.69 Å². The maximum atomic E-state index is 12.4. The van der Waals surface area contributed by atoms with Gasteiger partial charge in [0.15, 0.2) is 22.7 Å². The van der Waals surface area contributed by atoms with Crippen molar-refractivity contribution in [3.63, 3.8) is 0 Å². The Hall–Kier alpha value is -3.41. The van der Waals surface area contributed by atoms with Crippen LogP contribution < -0.4 is 21.4 Å². The van der Waals surface area contributed by atoms with E-state index in [1.807, 2.05) is 0 Å². The topological polar surface area (TPSA) is 133 Å². The number of aromatic hydroxyl groups is 1. The summed E-state index contributed by atoms with van der Waals surface area (Å²) in [6.45, 7) is -0.218. The Kier molecular flexibility index (Phi) is 5.55. The fourth-order valence-corrected chi connectivity index (χ4v) is 3.17. The molecule has 0 unspecified atom stereocenters. The first-order valence-corrected chi connectivity index (χ1v) is 9.03. The number of hydrazone groups is 1. The van der Waals surface area contributed by atoms with Crippen molar-refractivity contribution in [2.24, 2.45) is 19.2 Å². The molecule has 3 rings (SSSR count). The van der Waals surface area contributed by atoms with E-state index in [-0.39, 0.29) is 29.2 Å². The lowest BCUT2D eigenvalue weighted by Crippen LogP contribution is -2.38. The molecule has 0 aliphatic carbocycles. The Labute approximate surface area is 172 Å². The van der Waals surface area contributed by atoms with Gasteiger partial charge in [-0.1, -0.05) is 0 Å².